The largest absolute Gasteiger partial charge is 0.326 e. The SMILES string of the molecule is CN(C)CCc1ccc(NC(=O)Cc2ccc(S(=O)(=O)N3CCCC3)s2)cc1. The molecule has 2 heterocycles. The number of likely N-dealkylation sites (N-methyl/N-ethyl adjacent to an activating group) is 1. The highest BCUT2D eigenvalue weighted by molar-refractivity contribution is 7.91. The molecule has 0 saturated carbocycles. The Kier molecular flexibility index (Phi) is 6.87. The van der Waals surface area contributed by atoms with E-state index in [-0.39, 0.29) is 12.3 Å². The molecule has 152 valence electrons. The van der Waals surface area contributed by atoms with Crippen LogP contribution in [0, 0.1) is 0 Å². The number of carbonyl (C=O) groups excluding carboxylic acids is 1. The average Bonchev–Trinajstić information content (AvgIpc) is 3.33. The number of benzene rings is 1. The van der Waals surface area contributed by atoms with Gasteiger partial charge in [-0.1, -0.05) is 12.1 Å². The van der Waals surface area contributed by atoms with Gasteiger partial charge in [0.05, 0.1) is 6.42 Å². The summed E-state index contributed by atoms with van der Waals surface area (Å²) in [6, 6.07) is 11.2. The van der Waals surface area contributed by atoms with E-state index in [0.717, 1.165) is 36.4 Å². The normalized spacial score (nSPS) is 15.2. The van der Waals surface area contributed by atoms with Crippen molar-refractivity contribution >= 4 is 33.0 Å². The van der Waals surface area contributed by atoms with E-state index in [4.69, 9.17) is 0 Å². The molecule has 1 aliphatic rings. The molecule has 0 bridgehead atoms. The predicted octanol–water partition coefficient (Wildman–Crippen LogP) is 2.82. The summed E-state index contributed by atoms with van der Waals surface area (Å²) in [7, 11) is 0.673. The fourth-order valence-electron chi connectivity index (χ4n) is 3.12. The van der Waals surface area contributed by atoms with Gasteiger partial charge in [-0.2, -0.15) is 4.31 Å². The highest BCUT2D eigenvalue weighted by Crippen LogP contribution is 2.27. The van der Waals surface area contributed by atoms with Crippen LogP contribution in [0.5, 0.6) is 0 Å². The third-order valence-electron chi connectivity index (χ3n) is 4.72. The minimum atomic E-state index is -3.41. The number of sulfonamides is 1. The van der Waals surface area contributed by atoms with E-state index in [2.05, 4.69) is 10.2 Å². The van der Waals surface area contributed by atoms with Crippen molar-refractivity contribution in [1.29, 1.82) is 0 Å². The molecule has 0 unspecified atom stereocenters. The number of carbonyl (C=O) groups is 1. The molecule has 3 rings (SSSR count). The van der Waals surface area contributed by atoms with Gasteiger partial charge in [0.1, 0.15) is 4.21 Å². The van der Waals surface area contributed by atoms with Gasteiger partial charge >= 0.3 is 0 Å². The fraction of sp³-hybridized carbons (Fsp3) is 0.450. The van der Waals surface area contributed by atoms with Gasteiger partial charge in [0.25, 0.3) is 10.0 Å². The van der Waals surface area contributed by atoms with E-state index in [1.807, 2.05) is 38.4 Å². The Morgan fingerprint density at radius 1 is 1.11 bits per heavy atom. The average molecular weight is 422 g/mol. The molecule has 1 aromatic heterocycles. The summed E-state index contributed by atoms with van der Waals surface area (Å²) in [6.07, 6.45) is 2.95. The second kappa shape index (κ2) is 9.17. The monoisotopic (exact) mass is 421 g/mol. The molecule has 1 aromatic carbocycles. The first kappa shape index (κ1) is 21.0. The minimum absolute atomic E-state index is 0.145. The molecular formula is C20H27N3O3S2. The zero-order chi connectivity index (χ0) is 20.1. The summed E-state index contributed by atoms with van der Waals surface area (Å²) >= 11 is 1.18. The van der Waals surface area contributed by atoms with Crippen molar-refractivity contribution in [3.8, 4) is 0 Å². The summed E-state index contributed by atoms with van der Waals surface area (Å²) < 4.78 is 27.0. The molecule has 1 N–H and O–H groups in total. The third kappa shape index (κ3) is 5.41. The van der Waals surface area contributed by atoms with Crippen molar-refractivity contribution in [3.05, 3.63) is 46.8 Å². The predicted molar refractivity (Wildman–Crippen MR) is 113 cm³/mol. The third-order valence-corrected chi connectivity index (χ3v) is 8.17. The zero-order valence-corrected chi connectivity index (χ0v) is 18.0. The van der Waals surface area contributed by atoms with Crippen LogP contribution in [0.25, 0.3) is 0 Å². The van der Waals surface area contributed by atoms with E-state index < -0.39 is 10.0 Å². The molecule has 0 atom stereocenters. The number of anilines is 1. The highest BCUT2D eigenvalue weighted by atomic mass is 32.2. The first-order chi connectivity index (χ1) is 13.3. The number of rotatable bonds is 8. The number of hydrogen-bond donors (Lipinski definition) is 1. The highest BCUT2D eigenvalue weighted by Gasteiger charge is 2.28. The summed E-state index contributed by atoms with van der Waals surface area (Å²) in [4.78, 5) is 15.2. The number of amides is 1. The molecule has 6 nitrogen and oxygen atoms in total. The van der Waals surface area contributed by atoms with E-state index in [9.17, 15) is 13.2 Å². The molecule has 8 heteroatoms. The molecule has 0 aliphatic carbocycles. The Hall–Kier alpha value is -1.74. The second-order valence-corrected chi connectivity index (χ2v) is 10.6. The van der Waals surface area contributed by atoms with Gasteiger partial charge in [-0.05, 0) is 63.2 Å². The molecule has 1 aliphatic heterocycles. The number of hydrogen-bond acceptors (Lipinski definition) is 5. The van der Waals surface area contributed by atoms with Crippen molar-refractivity contribution in [1.82, 2.24) is 9.21 Å². The van der Waals surface area contributed by atoms with Gasteiger partial charge < -0.3 is 10.2 Å². The number of nitrogens with zero attached hydrogens (tertiary/aromatic N) is 2. The quantitative estimate of drug-likeness (QED) is 0.712. The van der Waals surface area contributed by atoms with Crippen LogP contribution in [0.4, 0.5) is 5.69 Å². The van der Waals surface area contributed by atoms with Crippen molar-refractivity contribution in [2.45, 2.75) is 29.9 Å². The van der Waals surface area contributed by atoms with Gasteiger partial charge in [0.2, 0.25) is 5.91 Å². The van der Waals surface area contributed by atoms with Crippen LogP contribution in [0.3, 0.4) is 0 Å². The molecule has 1 fully saturated rings. The maximum absolute atomic E-state index is 12.6. The topological polar surface area (TPSA) is 69.7 Å². The van der Waals surface area contributed by atoms with Crippen molar-refractivity contribution in [2.75, 3.05) is 39.0 Å². The number of nitrogens with one attached hydrogen (secondary N) is 1. The first-order valence-electron chi connectivity index (χ1n) is 9.47. The second-order valence-electron chi connectivity index (χ2n) is 7.31. The van der Waals surface area contributed by atoms with Gasteiger partial charge in [-0.15, -0.1) is 11.3 Å². The summed E-state index contributed by atoms with van der Waals surface area (Å²) in [5.41, 5.74) is 1.97. The Morgan fingerprint density at radius 2 is 1.79 bits per heavy atom. The van der Waals surface area contributed by atoms with E-state index in [0.29, 0.717) is 17.3 Å². The van der Waals surface area contributed by atoms with Crippen LogP contribution < -0.4 is 5.32 Å². The molecule has 28 heavy (non-hydrogen) atoms. The van der Waals surface area contributed by atoms with Crippen molar-refractivity contribution in [3.63, 3.8) is 0 Å². The zero-order valence-electron chi connectivity index (χ0n) is 16.3. The van der Waals surface area contributed by atoms with E-state index in [1.54, 1.807) is 12.1 Å². The molecule has 1 amide bonds. The Labute approximate surface area is 171 Å². The lowest BCUT2D eigenvalue weighted by Crippen LogP contribution is -2.27. The molecule has 0 spiro atoms. The van der Waals surface area contributed by atoms with E-state index >= 15 is 0 Å². The van der Waals surface area contributed by atoms with Gasteiger partial charge in [0, 0.05) is 30.2 Å². The molecule has 1 saturated heterocycles. The van der Waals surface area contributed by atoms with Crippen LogP contribution in [0.2, 0.25) is 0 Å². The van der Waals surface area contributed by atoms with Crippen LogP contribution >= 0.6 is 11.3 Å². The lowest BCUT2D eigenvalue weighted by molar-refractivity contribution is -0.115. The van der Waals surface area contributed by atoms with Crippen molar-refractivity contribution < 1.29 is 13.2 Å². The van der Waals surface area contributed by atoms with Crippen LogP contribution in [0.1, 0.15) is 23.3 Å². The molecular weight excluding hydrogens is 394 g/mol. The Morgan fingerprint density at radius 3 is 2.43 bits per heavy atom. The lowest BCUT2D eigenvalue weighted by Gasteiger charge is -2.13. The number of thiophene rings is 1. The van der Waals surface area contributed by atoms with Gasteiger partial charge in [0.15, 0.2) is 0 Å². The van der Waals surface area contributed by atoms with Crippen LogP contribution in [-0.2, 0) is 27.7 Å². The standard InChI is InChI=1S/C20H27N3O3S2/c1-22(2)14-11-16-5-7-17(8-6-16)21-19(24)15-18-9-10-20(27-18)28(25,26)23-12-3-4-13-23/h5-10H,3-4,11-15H2,1-2H3,(H,21,24). The molecule has 0 radical (unpaired) electrons. The molecule has 2 aromatic rings. The van der Waals surface area contributed by atoms with E-state index in [1.165, 1.54) is 21.2 Å². The lowest BCUT2D eigenvalue weighted by atomic mass is 10.1. The summed E-state index contributed by atoms with van der Waals surface area (Å²) in [6.45, 7) is 2.15. The van der Waals surface area contributed by atoms with Gasteiger partial charge in [-0.3, -0.25) is 4.79 Å². The first-order valence-corrected chi connectivity index (χ1v) is 11.7. The van der Waals surface area contributed by atoms with Crippen LogP contribution in [0.15, 0.2) is 40.6 Å². The van der Waals surface area contributed by atoms with Crippen LogP contribution in [-0.4, -0.2) is 57.3 Å². The summed E-state index contributed by atoms with van der Waals surface area (Å²) in [5.74, 6) is -0.145. The Bertz CT molecular complexity index is 899. The van der Waals surface area contributed by atoms with Crippen molar-refractivity contribution in [2.24, 2.45) is 0 Å². The fourth-order valence-corrected chi connectivity index (χ4v) is 6.14. The summed E-state index contributed by atoms with van der Waals surface area (Å²) in [5, 5.41) is 2.88. The maximum atomic E-state index is 12.6. The maximum Gasteiger partial charge on any atom is 0.252 e. The smallest absolute Gasteiger partial charge is 0.252 e. The minimum Gasteiger partial charge on any atom is -0.326 e. The Balaban J connectivity index is 1.56. The van der Waals surface area contributed by atoms with Gasteiger partial charge in [-0.25, -0.2) is 8.42 Å².